The van der Waals surface area contributed by atoms with E-state index in [-0.39, 0.29) is 12.5 Å². The summed E-state index contributed by atoms with van der Waals surface area (Å²) in [4.78, 5) is 14.6. The van der Waals surface area contributed by atoms with E-state index >= 15 is 0 Å². The van der Waals surface area contributed by atoms with Crippen LogP contribution in [-0.4, -0.2) is 48.1 Å². The molecule has 0 saturated carbocycles. The lowest BCUT2D eigenvalue weighted by Crippen LogP contribution is -2.49. The molecule has 2 bridgehead atoms. The molecule has 1 aromatic rings. The molecule has 0 N–H and O–H groups in total. The van der Waals surface area contributed by atoms with Crippen molar-refractivity contribution in [2.45, 2.75) is 43.0 Å². The summed E-state index contributed by atoms with van der Waals surface area (Å²) in [5.41, 5.74) is 0. The number of fused-ring (bicyclic) bond motifs is 2. The van der Waals surface area contributed by atoms with Crippen LogP contribution in [-0.2, 0) is 4.79 Å². The van der Waals surface area contributed by atoms with Gasteiger partial charge < -0.3 is 14.4 Å². The second-order valence-electron chi connectivity index (χ2n) is 5.98. The molecular weight excluding hydrogens is 298 g/mol. The molecule has 5 heteroatoms. The molecule has 0 radical (unpaired) electrons. The number of ether oxygens (including phenoxy) is 2. The number of hydrogen-bond donors (Lipinski definition) is 0. The van der Waals surface area contributed by atoms with Crippen LogP contribution in [0, 0.1) is 0 Å². The van der Waals surface area contributed by atoms with E-state index in [1.165, 1.54) is 0 Å². The molecule has 1 aromatic carbocycles. The predicted octanol–water partition coefficient (Wildman–Crippen LogP) is 2.96. The molecule has 2 heterocycles. The van der Waals surface area contributed by atoms with Crippen LogP contribution in [0.2, 0.25) is 0 Å². The van der Waals surface area contributed by atoms with Crippen molar-refractivity contribution >= 4 is 17.7 Å². The Labute approximate surface area is 136 Å². The normalized spacial score (nSPS) is 26.8. The Bertz CT molecular complexity index is 505. The summed E-state index contributed by atoms with van der Waals surface area (Å²) >= 11 is 1.94. The second-order valence-corrected chi connectivity index (χ2v) is 7.12. The van der Waals surface area contributed by atoms with E-state index in [4.69, 9.17) is 9.47 Å². The Morgan fingerprint density at radius 3 is 2.32 bits per heavy atom. The van der Waals surface area contributed by atoms with Crippen LogP contribution >= 0.6 is 11.8 Å². The average Bonchev–Trinajstić information content (AvgIpc) is 2.83. The van der Waals surface area contributed by atoms with Crippen molar-refractivity contribution in [3.8, 4) is 11.5 Å². The number of thioether (sulfide) groups is 1. The van der Waals surface area contributed by atoms with Gasteiger partial charge in [0.2, 0.25) is 0 Å². The molecule has 2 aliphatic rings. The van der Waals surface area contributed by atoms with Gasteiger partial charge in [-0.05, 0) is 56.2 Å². The molecule has 120 valence electrons. The summed E-state index contributed by atoms with van der Waals surface area (Å²) in [6, 6.07) is 8.19. The van der Waals surface area contributed by atoms with Gasteiger partial charge in [0.15, 0.2) is 6.61 Å². The van der Waals surface area contributed by atoms with Crippen LogP contribution in [0.25, 0.3) is 0 Å². The Morgan fingerprint density at radius 2 is 1.77 bits per heavy atom. The van der Waals surface area contributed by atoms with Crippen molar-refractivity contribution in [1.82, 2.24) is 4.90 Å². The zero-order chi connectivity index (χ0) is 15.5. The topological polar surface area (TPSA) is 38.8 Å². The fraction of sp³-hybridized carbons (Fsp3) is 0.588. The number of hydrogen-bond acceptors (Lipinski definition) is 4. The molecule has 2 aliphatic heterocycles. The van der Waals surface area contributed by atoms with Crippen LogP contribution in [0.3, 0.4) is 0 Å². The van der Waals surface area contributed by atoms with Gasteiger partial charge in [0.1, 0.15) is 11.5 Å². The third-order valence-corrected chi connectivity index (χ3v) is 5.78. The number of carbonyl (C=O) groups is 1. The number of methoxy groups -OCH3 is 1. The maximum atomic E-state index is 12.5. The lowest BCUT2D eigenvalue weighted by molar-refractivity contribution is -0.137. The summed E-state index contributed by atoms with van der Waals surface area (Å²) in [6.45, 7) is 0.128. The first-order valence-electron chi connectivity index (χ1n) is 7.82. The van der Waals surface area contributed by atoms with Crippen molar-refractivity contribution in [1.29, 1.82) is 0 Å². The number of piperidine rings is 1. The van der Waals surface area contributed by atoms with E-state index in [1.54, 1.807) is 7.11 Å². The summed E-state index contributed by atoms with van der Waals surface area (Å²) in [7, 11) is 1.63. The number of amides is 1. The minimum atomic E-state index is 0.128. The molecule has 22 heavy (non-hydrogen) atoms. The Kier molecular flexibility index (Phi) is 4.81. The highest BCUT2D eigenvalue weighted by atomic mass is 32.2. The van der Waals surface area contributed by atoms with Gasteiger partial charge in [-0.1, -0.05) is 0 Å². The zero-order valence-electron chi connectivity index (χ0n) is 13.2. The van der Waals surface area contributed by atoms with Crippen molar-refractivity contribution in [3.63, 3.8) is 0 Å². The first-order valence-corrected chi connectivity index (χ1v) is 9.11. The van der Waals surface area contributed by atoms with Gasteiger partial charge in [-0.15, -0.1) is 0 Å². The van der Waals surface area contributed by atoms with E-state index in [9.17, 15) is 4.79 Å². The third kappa shape index (κ3) is 3.19. The quantitative estimate of drug-likeness (QED) is 0.836. The molecule has 4 nitrogen and oxygen atoms in total. The number of carbonyl (C=O) groups excluding carboxylic acids is 1. The van der Waals surface area contributed by atoms with E-state index in [0.29, 0.717) is 23.1 Å². The number of benzene rings is 1. The molecule has 2 saturated heterocycles. The second kappa shape index (κ2) is 6.82. The lowest BCUT2D eigenvalue weighted by atomic mass is 10.0. The molecule has 0 aromatic heterocycles. The van der Waals surface area contributed by atoms with E-state index < -0.39 is 0 Å². The number of nitrogens with zero attached hydrogens (tertiary/aromatic N) is 1. The van der Waals surface area contributed by atoms with Crippen molar-refractivity contribution in [2.75, 3.05) is 20.0 Å². The van der Waals surface area contributed by atoms with Gasteiger partial charge in [0.05, 0.1) is 7.11 Å². The molecule has 1 amide bonds. The lowest BCUT2D eigenvalue weighted by Gasteiger charge is -2.38. The van der Waals surface area contributed by atoms with Gasteiger partial charge in [-0.2, -0.15) is 11.8 Å². The van der Waals surface area contributed by atoms with Gasteiger partial charge in [-0.25, -0.2) is 0 Å². The maximum Gasteiger partial charge on any atom is 0.261 e. The first kappa shape index (κ1) is 15.5. The Morgan fingerprint density at radius 1 is 1.18 bits per heavy atom. The fourth-order valence-electron chi connectivity index (χ4n) is 3.62. The SMILES string of the molecule is COc1ccc(OCC(=O)N2C3CCC2CC(SC)C3)cc1. The highest BCUT2D eigenvalue weighted by Gasteiger charge is 2.42. The van der Waals surface area contributed by atoms with Crippen molar-refractivity contribution in [3.05, 3.63) is 24.3 Å². The van der Waals surface area contributed by atoms with E-state index in [2.05, 4.69) is 11.2 Å². The third-order valence-electron chi connectivity index (χ3n) is 4.73. The molecule has 2 unspecified atom stereocenters. The monoisotopic (exact) mass is 321 g/mol. The molecule has 0 spiro atoms. The number of rotatable bonds is 5. The highest BCUT2D eigenvalue weighted by Crippen LogP contribution is 2.39. The predicted molar refractivity (Wildman–Crippen MR) is 88.7 cm³/mol. The van der Waals surface area contributed by atoms with Crippen LogP contribution in [0.4, 0.5) is 0 Å². The van der Waals surface area contributed by atoms with Crippen molar-refractivity contribution < 1.29 is 14.3 Å². The highest BCUT2D eigenvalue weighted by molar-refractivity contribution is 7.99. The molecule has 0 aliphatic carbocycles. The smallest absolute Gasteiger partial charge is 0.261 e. The molecule has 2 fully saturated rings. The Balaban J connectivity index is 1.56. The summed E-state index contributed by atoms with van der Waals surface area (Å²) in [5, 5.41) is 0.712. The van der Waals surface area contributed by atoms with Gasteiger partial charge in [0.25, 0.3) is 5.91 Å². The van der Waals surface area contributed by atoms with E-state index in [0.717, 1.165) is 31.4 Å². The van der Waals surface area contributed by atoms with Gasteiger partial charge in [0, 0.05) is 17.3 Å². The summed E-state index contributed by atoms with van der Waals surface area (Å²) in [6.07, 6.45) is 6.73. The van der Waals surface area contributed by atoms with Crippen LogP contribution < -0.4 is 9.47 Å². The standard InChI is InChI=1S/C17H23NO3S/c1-20-14-5-7-15(8-6-14)21-11-17(19)18-12-3-4-13(18)10-16(9-12)22-2/h5-8,12-13,16H,3-4,9-11H2,1-2H3. The molecule has 3 rings (SSSR count). The largest absolute Gasteiger partial charge is 0.497 e. The van der Waals surface area contributed by atoms with E-state index in [1.807, 2.05) is 36.0 Å². The maximum absolute atomic E-state index is 12.5. The minimum Gasteiger partial charge on any atom is -0.497 e. The van der Waals surface area contributed by atoms with Crippen molar-refractivity contribution in [2.24, 2.45) is 0 Å². The van der Waals surface area contributed by atoms with Crippen LogP contribution in [0.5, 0.6) is 11.5 Å². The first-order chi connectivity index (χ1) is 10.7. The van der Waals surface area contributed by atoms with Gasteiger partial charge >= 0.3 is 0 Å². The fourth-order valence-corrected chi connectivity index (χ4v) is 4.45. The molecular formula is C17H23NO3S. The molecule has 2 atom stereocenters. The minimum absolute atomic E-state index is 0.128. The van der Waals surface area contributed by atoms with Crippen LogP contribution in [0.1, 0.15) is 25.7 Å². The average molecular weight is 321 g/mol. The summed E-state index contributed by atoms with van der Waals surface area (Å²) in [5.74, 6) is 1.62. The Hall–Kier alpha value is -1.36. The van der Waals surface area contributed by atoms with Gasteiger partial charge in [-0.3, -0.25) is 4.79 Å². The van der Waals surface area contributed by atoms with Crippen LogP contribution in [0.15, 0.2) is 24.3 Å². The zero-order valence-corrected chi connectivity index (χ0v) is 14.0. The summed E-state index contributed by atoms with van der Waals surface area (Å²) < 4.78 is 10.8.